The molecule has 0 aliphatic carbocycles. The molecule has 7 heteroatoms. The van der Waals surface area contributed by atoms with E-state index in [1.165, 1.54) is 11.3 Å². The van der Waals surface area contributed by atoms with Crippen molar-refractivity contribution < 1.29 is 18.3 Å². The molecule has 1 unspecified atom stereocenters. The summed E-state index contributed by atoms with van der Waals surface area (Å²) in [5.74, 6) is -1.36. The average molecular weight is 317 g/mol. The van der Waals surface area contributed by atoms with Crippen LogP contribution in [0.2, 0.25) is 0 Å². The first-order valence-corrected chi connectivity index (χ1v) is 9.13. The van der Waals surface area contributed by atoms with Crippen LogP contribution < -0.4 is 0 Å². The number of sulfone groups is 1. The Kier molecular flexibility index (Phi) is 3.71. The van der Waals surface area contributed by atoms with Gasteiger partial charge in [-0.15, -0.1) is 11.3 Å². The van der Waals surface area contributed by atoms with E-state index in [1.54, 1.807) is 0 Å². The highest BCUT2D eigenvalue weighted by molar-refractivity contribution is 7.91. The second-order valence-electron chi connectivity index (χ2n) is 6.48. The first kappa shape index (κ1) is 15.4. The van der Waals surface area contributed by atoms with Crippen LogP contribution in [0.15, 0.2) is 5.38 Å². The van der Waals surface area contributed by atoms with Gasteiger partial charge in [-0.25, -0.2) is 13.4 Å². The lowest BCUT2D eigenvalue weighted by Crippen LogP contribution is -2.34. The van der Waals surface area contributed by atoms with E-state index in [0.29, 0.717) is 5.01 Å². The third-order valence-corrected chi connectivity index (χ3v) is 6.32. The number of carboxylic acids is 1. The van der Waals surface area contributed by atoms with Crippen LogP contribution in [0.25, 0.3) is 0 Å². The van der Waals surface area contributed by atoms with Gasteiger partial charge < -0.3 is 5.11 Å². The lowest BCUT2D eigenvalue weighted by Gasteiger charge is -2.21. The molecule has 1 aliphatic heterocycles. The van der Waals surface area contributed by atoms with Crippen LogP contribution in [0.1, 0.15) is 37.9 Å². The Hall–Kier alpha value is -0.950. The van der Waals surface area contributed by atoms with Crippen molar-refractivity contribution in [3.63, 3.8) is 0 Å². The van der Waals surface area contributed by atoms with Crippen molar-refractivity contribution in [2.24, 2.45) is 5.41 Å². The summed E-state index contributed by atoms with van der Waals surface area (Å²) in [5.41, 5.74) is -0.377. The lowest BCUT2D eigenvalue weighted by molar-refractivity contribution is -0.147. The molecule has 112 valence electrons. The molecule has 0 amide bonds. The summed E-state index contributed by atoms with van der Waals surface area (Å²) in [7, 11) is -3.24. The van der Waals surface area contributed by atoms with Crippen LogP contribution in [-0.4, -0.2) is 36.0 Å². The molecular weight excluding hydrogens is 298 g/mol. The van der Waals surface area contributed by atoms with Crippen LogP contribution in [0, 0.1) is 5.41 Å². The minimum absolute atomic E-state index is 0.0448. The number of thiazole rings is 1. The van der Waals surface area contributed by atoms with Crippen LogP contribution >= 0.6 is 11.3 Å². The molecule has 1 aromatic rings. The number of rotatable bonds is 3. The van der Waals surface area contributed by atoms with Crippen LogP contribution in [0.4, 0.5) is 0 Å². The summed E-state index contributed by atoms with van der Waals surface area (Å²) in [5, 5.41) is 12.1. The number of carbonyl (C=O) groups is 1. The highest BCUT2D eigenvalue weighted by atomic mass is 32.2. The van der Waals surface area contributed by atoms with Crippen LogP contribution in [-0.2, 0) is 26.5 Å². The standard InChI is InChI=1S/C13H19NO4S2/c1-12(2,3)9-7-19-10(14-9)6-13(11(15)16)4-5-20(17,18)8-13/h7H,4-6,8H2,1-3H3,(H,15,16). The number of aromatic nitrogens is 1. The van der Waals surface area contributed by atoms with E-state index in [-0.39, 0.29) is 29.8 Å². The predicted molar refractivity (Wildman–Crippen MR) is 77.9 cm³/mol. The summed E-state index contributed by atoms with van der Waals surface area (Å²) < 4.78 is 23.2. The van der Waals surface area contributed by atoms with Gasteiger partial charge in [0.05, 0.1) is 27.6 Å². The van der Waals surface area contributed by atoms with Crippen molar-refractivity contribution in [1.82, 2.24) is 4.98 Å². The Morgan fingerprint density at radius 1 is 1.50 bits per heavy atom. The largest absolute Gasteiger partial charge is 0.481 e. The zero-order valence-corrected chi connectivity index (χ0v) is 13.5. The average Bonchev–Trinajstić information content (AvgIpc) is 2.84. The highest BCUT2D eigenvalue weighted by Crippen LogP contribution is 2.37. The fourth-order valence-electron chi connectivity index (χ4n) is 2.33. The topological polar surface area (TPSA) is 84.3 Å². The van der Waals surface area contributed by atoms with Gasteiger partial charge in [0.25, 0.3) is 0 Å². The monoisotopic (exact) mass is 317 g/mol. The molecule has 0 radical (unpaired) electrons. The molecule has 5 nitrogen and oxygen atoms in total. The second-order valence-corrected chi connectivity index (χ2v) is 9.61. The van der Waals surface area contributed by atoms with E-state index in [0.717, 1.165) is 5.69 Å². The Morgan fingerprint density at radius 3 is 2.55 bits per heavy atom. The molecule has 1 N–H and O–H groups in total. The molecule has 2 heterocycles. The quantitative estimate of drug-likeness (QED) is 0.920. The van der Waals surface area contributed by atoms with E-state index in [9.17, 15) is 18.3 Å². The maximum Gasteiger partial charge on any atom is 0.311 e. The maximum atomic E-state index is 11.6. The van der Waals surface area contributed by atoms with Crippen LogP contribution in [0.5, 0.6) is 0 Å². The molecule has 1 atom stereocenters. The summed E-state index contributed by atoms with van der Waals surface area (Å²) in [6.07, 6.45) is 0.372. The van der Waals surface area contributed by atoms with Crippen molar-refractivity contribution >= 4 is 27.1 Å². The third-order valence-electron chi connectivity index (χ3n) is 3.65. The summed E-state index contributed by atoms with van der Waals surface area (Å²) in [6, 6.07) is 0. The van der Waals surface area contributed by atoms with E-state index in [4.69, 9.17) is 0 Å². The molecule has 0 spiro atoms. The van der Waals surface area contributed by atoms with Crippen molar-refractivity contribution in [2.45, 2.75) is 39.0 Å². The smallest absolute Gasteiger partial charge is 0.311 e. The number of nitrogens with zero attached hydrogens (tertiary/aromatic N) is 1. The highest BCUT2D eigenvalue weighted by Gasteiger charge is 2.49. The first-order valence-electron chi connectivity index (χ1n) is 6.43. The summed E-state index contributed by atoms with van der Waals surface area (Å²) in [4.78, 5) is 16.0. The van der Waals surface area contributed by atoms with Gasteiger partial charge in [0.15, 0.2) is 9.84 Å². The predicted octanol–water partition coefficient (Wildman–Crippen LogP) is 1.87. The Bertz CT molecular complexity index is 627. The molecule has 0 aromatic carbocycles. The van der Waals surface area contributed by atoms with Crippen molar-refractivity contribution in [3.05, 3.63) is 16.1 Å². The van der Waals surface area contributed by atoms with Crippen LogP contribution in [0.3, 0.4) is 0 Å². The Labute approximate surface area is 123 Å². The minimum atomic E-state index is -3.24. The molecule has 2 rings (SSSR count). The van der Waals surface area contributed by atoms with Crippen molar-refractivity contribution in [2.75, 3.05) is 11.5 Å². The van der Waals surface area contributed by atoms with Gasteiger partial charge in [0, 0.05) is 17.2 Å². The number of aliphatic carboxylic acids is 1. The van der Waals surface area contributed by atoms with Gasteiger partial charge in [-0.1, -0.05) is 20.8 Å². The van der Waals surface area contributed by atoms with Gasteiger partial charge in [-0.05, 0) is 6.42 Å². The van der Waals surface area contributed by atoms with E-state index < -0.39 is 21.2 Å². The van der Waals surface area contributed by atoms with Gasteiger partial charge in [-0.2, -0.15) is 0 Å². The Balaban J connectivity index is 2.27. The fourth-order valence-corrected chi connectivity index (χ4v) is 5.55. The zero-order valence-electron chi connectivity index (χ0n) is 11.8. The SMILES string of the molecule is CC(C)(C)c1csc(CC2(C(=O)O)CCS(=O)(=O)C2)n1. The van der Waals surface area contributed by atoms with E-state index >= 15 is 0 Å². The number of carboxylic acid groups (broad SMARTS) is 1. The van der Waals surface area contributed by atoms with Crippen molar-refractivity contribution in [3.8, 4) is 0 Å². The third kappa shape index (κ3) is 3.03. The lowest BCUT2D eigenvalue weighted by atomic mass is 9.84. The Morgan fingerprint density at radius 2 is 2.15 bits per heavy atom. The van der Waals surface area contributed by atoms with E-state index in [2.05, 4.69) is 4.98 Å². The van der Waals surface area contributed by atoms with E-state index in [1.807, 2.05) is 26.2 Å². The van der Waals surface area contributed by atoms with Gasteiger partial charge >= 0.3 is 5.97 Å². The van der Waals surface area contributed by atoms with Crippen molar-refractivity contribution in [1.29, 1.82) is 0 Å². The molecule has 0 saturated carbocycles. The van der Waals surface area contributed by atoms with Gasteiger partial charge in [0.2, 0.25) is 0 Å². The molecule has 20 heavy (non-hydrogen) atoms. The zero-order chi connectivity index (χ0) is 15.2. The molecule has 1 saturated heterocycles. The van der Waals surface area contributed by atoms with Gasteiger partial charge in [0.1, 0.15) is 0 Å². The molecule has 0 bridgehead atoms. The normalized spacial score (nSPS) is 25.8. The number of hydrogen-bond acceptors (Lipinski definition) is 5. The maximum absolute atomic E-state index is 11.6. The fraction of sp³-hybridized carbons (Fsp3) is 0.692. The second kappa shape index (κ2) is 4.80. The van der Waals surface area contributed by atoms with Gasteiger partial charge in [-0.3, -0.25) is 4.79 Å². The summed E-state index contributed by atoms with van der Waals surface area (Å²) in [6.45, 7) is 6.12. The number of hydrogen-bond donors (Lipinski definition) is 1. The summed E-state index contributed by atoms with van der Waals surface area (Å²) >= 11 is 1.41. The molecule has 1 aromatic heterocycles. The molecule has 1 aliphatic rings. The minimum Gasteiger partial charge on any atom is -0.481 e. The molecular formula is C13H19NO4S2. The molecule has 1 fully saturated rings. The first-order chi connectivity index (χ1) is 9.04.